The third-order valence-electron chi connectivity index (χ3n) is 3.96. The molecule has 0 saturated carbocycles. The van der Waals surface area contributed by atoms with E-state index in [1.165, 1.54) is 22.5 Å². The molecule has 2 nitrogen and oxygen atoms in total. The summed E-state index contributed by atoms with van der Waals surface area (Å²) in [6.45, 7) is 0.886. The fourth-order valence-corrected chi connectivity index (χ4v) is 2.99. The molecule has 0 spiro atoms. The molecular formula is C18H16N2. The van der Waals surface area contributed by atoms with E-state index in [2.05, 4.69) is 82.8 Å². The van der Waals surface area contributed by atoms with Gasteiger partial charge in [0.25, 0.3) is 0 Å². The van der Waals surface area contributed by atoms with E-state index >= 15 is 0 Å². The van der Waals surface area contributed by atoms with Crippen molar-refractivity contribution in [1.29, 1.82) is 0 Å². The SMILES string of the molecule is c1ccc([C@H]2NCc3ccccc3-n3cccc32)cc1. The molecule has 4 rings (SSSR count). The zero-order chi connectivity index (χ0) is 13.4. The molecule has 1 N–H and O–H groups in total. The van der Waals surface area contributed by atoms with Gasteiger partial charge < -0.3 is 9.88 Å². The molecule has 1 aliphatic rings. The lowest BCUT2D eigenvalue weighted by molar-refractivity contribution is 0.601. The second-order valence-corrected chi connectivity index (χ2v) is 5.16. The molecule has 2 heterocycles. The number of nitrogens with zero attached hydrogens (tertiary/aromatic N) is 1. The normalized spacial score (nSPS) is 17.1. The van der Waals surface area contributed by atoms with Gasteiger partial charge in [0.05, 0.1) is 6.04 Å². The highest BCUT2D eigenvalue weighted by Gasteiger charge is 2.22. The first kappa shape index (κ1) is 11.5. The molecule has 1 atom stereocenters. The lowest BCUT2D eigenvalue weighted by atomic mass is 10.0. The van der Waals surface area contributed by atoms with Crippen LogP contribution in [0.25, 0.3) is 5.69 Å². The Labute approximate surface area is 118 Å². The maximum atomic E-state index is 3.68. The number of fused-ring (bicyclic) bond motifs is 3. The Kier molecular flexibility index (Phi) is 2.68. The van der Waals surface area contributed by atoms with Crippen LogP contribution >= 0.6 is 0 Å². The van der Waals surface area contributed by atoms with Crippen LogP contribution in [0.1, 0.15) is 22.9 Å². The third-order valence-corrected chi connectivity index (χ3v) is 3.96. The summed E-state index contributed by atoms with van der Waals surface area (Å²) in [6.07, 6.45) is 2.15. The minimum absolute atomic E-state index is 0.235. The molecule has 0 amide bonds. The van der Waals surface area contributed by atoms with Gasteiger partial charge in [-0.2, -0.15) is 0 Å². The number of para-hydroxylation sites is 1. The van der Waals surface area contributed by atoms with E-state index in [-0.39, 0.29) is 6.04 Å². The van der Waals surface area contributed by atoms with Crippen LogP contribution in [0.5, 0.6) is 0 Å². The zero-order valence-electron chi connectivity index (χ0n) is 11.2. The largest absolute Gasteiger partial charge is 0.319 e. The van der Waals surface area contributed by atoms with Crippen molar-refractivity contribution in [1.82, 2.24) is 9.88 Å². The average molecular weight is 260 g/mol. The van der Waals surface area contributed by atoms with Crippen LogP contribution in [0.15, 0.2) is 72.9 Å². The highest BCUT2D eigenvalue weighted by molar-refractivity contribution is 5.46. The molecule has 0 unspecified atom stereocenters. The zero-order valence-corrected chi connectivity index (χ0v) is 11.2. The minimum Gasteiger partial charge on any atom is -0.319 e. The summed E-state index contributed by atoms with van der Waals surface area (Å²) in [5.74, 6) is 0. The molecule has 2 heteroatoms. The summed E-state index contributed by atoms with van der Waals surface area (Å²) < 4.78 is 2.30. The standard InChI is InChI=1S/C18H16N2/c1-2-7-14(8-3-1)18-17-11-6-12-20(17)16-10-5-4-9-15(16)13-19-18/h1-12,18-19H,13H2/t18-/m1/s1. The van der Waals surface area contributed by atoms with Gasteiger partial charge in [-0.05, 0) is 29.3 Å². The summed E-state index contributed by atoms with van der Waals surface area (Å²) >= 11 is 0. The summed E-state index contributed by atoms with van der Waals surface area (Å²) in [6, 6.07) is 23.8. The predicted octanol–water partition coefficient (Wildman–Crippen LogP) is 3.67. The van der Waals surface area contributed by atoms with E-state index in [0.29, 0.717) is 0 Å². The Balaban J connectivity index is 1.88. The van der Waals surface area contributed by atoms with Crippen LogP contribution in [0, 0.1) is 0 Å². The molecule has 0 radical (unpaired) electrons. The molecule has 20 heavy (non-hydrogen) atoms. The van der Waals surface area contributed by atoms with Gasteiger partial charge in [0, 0.05) is 24.1 Å². The highest BCUT2D eigenvalue weighted by atomic mass is 15.1. The first-order valence-corrected chi connectivity index (χ1v) is 6.97. The first-order valence-electron chi connectivity index (χ1n) is 6.97. The van der Waals surface area contributed by atoms with Gasteiger partial charge in [-0.3, -0.25) is 0 Å². The van der Waals surface area contributed by atoms with E-state index in [4.69, 9.17) is 0 Å². The van der Waals surface area contributed by atoms with Crippen molar-refractivity contribution in [3.05, 3.63) is 89.7 Å². The highest BCUT2D eigenvalue weighted by Crippen LogP contribution is 2.29. The fourth-order valence-electron chi connectivity index (χ4n) is 2.99. The van der Waals surface area contributed by atoms with Crippen LogP contribution in [-0.2, 0) is 6.54 Å². The van der Waals surface area contributed by atoms with Gasteiger partial charge in [-0.1, -0.05) is 48.5 Å². The Morgan fingerprint density at radius 2 is 1.65 bits per heavy atom. The van der Waals surface area contributed by atoms with Crippen LogP contribution < -0.4 is 5.32 Å². The Bertz CT molecular complexity index is 728. The van der Waals surface area contributed by atoms with Gasteiger partial charge in [0.2, 0.25) is 0 Å². The van der Waals surface area contributed by atoms with Crippen LogP contribution in [0.2, 0.25) is 0 Å². The monoisotopic (exact) mass is 260 g/mol. The quantitative estimate of drug-likeness (QED) is 0.706. The maximum Gasteiger partial charge on any atom is 0.0737 e. The van der Waals surface area contributed by atoms with Crippen LogP contribution in [0.4, 0.5) is 0 Å². The van der Waals surface area contributed by atoms with Gasteiger partial charge >= 0.3 is 0 Å². The lowest BCUT2D eigenvalue weighted by Crippen LogP contribution is -2.21. The Hall–Kier alpha value is -2.32. The predicted molar refractivity (Wildman–Crippen MR) is 80.9 cm³/mol. The van der Waals surface area contributed by atoms with Crippen LogP contribution in [-0.4, -0.2) is 4.57 Å². The number of aromatic nitrogens is 1. The summed E-state index contributed by atoms with van der Waals surface area (Å²) in [7, 11) is 0. The van der Waals surface area contributed by atoms with E-state index in [1.54, 1.807) is 0 Å². The molecule has 0 aliphatic carbocycles. The minimum atomic E-state index is 0.235. The van der Waals surface area contributed by atoms with Crippen molar-refractivity contribution in [3.8, 4) is 5.69 Å². The van der Waals surface area contributed by atoms with Crippen molar-refractivity contribution in [3.63, 3.8) is 0 Å². The topological polar surface area (TPSA) is 17.0 Å². The first-order chi connectivity index (χ1) is 9.93. The van der Waals surface area contributed by atoms with E-state index in [0.717, 1.165) is 6.54 Å². The number of rotatable bonds is 1. The van der Waals surface area contributed by atoms with Crippen molar-refractivity contribution in [2.75, 3.05) is 0 Å². The molecule has 2 aromatic carbocycles. The van der Waals surface area contributed by atoms with E-state index in [9.17, 15) is 0 Å². The molecule has 0 saturated heterocycles. The smallest absolute Gasteiger partial charge is 0.0737 e. The lowest BCUT2D eigenvalue weighted by Gasteiger charge is -2.17. The second-order valence-electron chi connectivity index (χ2n) is 5.16. The molecule has 1 aromatic heterocycles. The van der Waals surface area contributed by atoms with Gasteiger partial charge in [-0.15, -0.1) is 0 Å². The third kappa shape index (κ3) is 1.77. The molecule has 0 bridgehead atoms. The maximum absolute atomic E-state index is 3.68. The van der Waals surface area contributed by atoms with Crippen molar-refractivity contribution < 1.29 is 0 Å². The van der Waals surface area contributed by atoms with Gasteiger partial charge in [0.15, 0.2) is 0 Å². The van der Waals surface area contributed by atoms with Crippen molar-refractivity contribution in [2.24, 2.45) is 0 Å². The second kappa shape index (κ2) is 4.66. The Morgan fingerprint density at radius 3 is 2.55 bits per heavy atom. The van der Waals surface area contributed by atoms with E-state index in [1.807, 2.05) is 0 Å². The molecule has 98 valence electrons. The Morgan fingerprint density at radius 1 is 0.850 bits per heavy atom. The molecule has 3 aromatic rings. The number of hydrogen-bond donors (Lipinski definition) is 1. The van der Waals surface area contributed by atoms with E-state index < -0.39 is 0 Å². The number of nitrogens with one attached hydrogen (secondary N) is 1. The number of benzene rings is 2. The summed E-state index contributed by atoms with van der Waals surface area (Å²) in [5.41, 5.74) is 5.21. The van der Waals surface area contributed by atoms with Crippen LogP contribution in [0.3, 0.4) is 0 Å². The van der Waals surface area contributed by atoms with Gasteiger partial charge in [-0.25, -0.2) is 0 Å². The van der Waals surface area contributed by atoms with Crippen molar-refractivity contribution >= 4 is 0 Å². The molecule has 1 aliphatic heterocycles. The average Bonchev–Trinajstić information content (AvgIpc) is 2.93. The summed E-state index contributed by atoms with van der Waals surface area (Å²) in [5, 5.41) is 3.68. The summed E-state index contributed by atoms with van der Waals surface area (Å²) in [4.78, 5) is 0. The fraction of sp³-hybridized carbons (Fsp3) is 0.111. The van der Waals surface area contributed by atoms with Gasteiger partial charge in [0.1, 0.15) is 0 Å². The molecular weight excluding hydrogens is 244 g/mol. The van der Waals surface area contributed by atoms with Crippen molar-refractivity contribution in [2.45, 2.75) is 12.6 Å². The number of hydrogen-bond acceptors (Lipinski definition) is 1. The molecule has 0 fully saturated rings.